The zero-order valence-electron chi connectivity index (χ0n) is 18.3. The quantitative estimate of drug-likeness (QED) is 0.448. The summed E-state index contributed by atoms with van der Waals surface area (Å²) in [6.07, 6.45) is 2.05. The highest BCUT2D eigenvalue weighted by Gasteiger charge is 2.19. The number of benzene rings is 2. The molecule has 4 aromatic rings. The predicted octanol–water partition coefficient (Wildman–Crippen LogP) is 3.43. The van der Waals surface area contributed by atoms with Crippen molar-refractivity contribution in [2.75, 3.05) is 14.2 Å². The summed E-state index contributed by atoms with van der Waals surface area (Å²) < 4.78 is 13.6. The second-order valence-corrected chi connectivity index (χ2v) is 7.51. The number of aryl methyl sites for hydroxylation is 1. The van der Waals surface area contributed by atoms with E-state index in [1.807, 2.05) is 55.5 Å². The fraction of sp³-hybridized carbons (Fsp3) is 0.240. The molecule has 32 heavy (non-hydrogen) atoms. The van der Waals surface area contributed by atoms with E-state index in [4.69, 9.17) is 9.47 Å². The van der Waals surface area contributed by atoms with Crippen LogP contribution in [0, 0.1) is 0 Å². The summed E-state index contributed by atoms with van der Waals surface area (Å²) >= 11 is 0. The molecule has 1 atom stereocenters. The third-order valence-corrected chi connectivity index (χ3v) is 5.67. The van der Waals surface area contributed by atoms with E-state index in [2.05, 4.69) is 4.98 Å². The monoisotopic (exact) mass is 431 g/mol. The van der Waals surface area contributed by atoms with Crippen LogP contribution in [0.25, 0.3) is 11.0 Å². The highest BCUT2D eigenvalue weighted by Crippen LogP contribution is 2.27. The zero-order chi connectivity index (χ0) is 22.7. The first kappa shape index (κ1) is 21.4. The molecule has 0 bridgehead atoms. The van der Waals surface area contributed by atoms with Crippen molar-refractivity contribution in [1.29, 1.82) is 0 Å². The van der Waals surface area contributed by atoms with Crippen LogP contribution < -0.4 is 20.7 Å². The van der Waals surface area contributed by atoms with Gasteiger partial charge >= 0.3 is 5.69 Å². The molecule has 0 spiro atoms. The van der Waals surface area contributed by atoms with Crippen LogP contribution in [0.15, 0.2) is 76.4 Å². The van der Waals surface area contributed by atoms with Crippen LogP contribution in [0.1, 0.15) is 24.1 Å². The number of pyridine rings is 1. The number of aromatic nitrogens is 3. The SMILES string of the molecule is COc1ccc(CCn2c(=O)c3ncccc3n([C@H](C)c3ccccc3)c2=O)cc1OC. The maximum atomic E-state index is 13.5. The average molecular weight is 431 g/mol. The molecule has 0 saturated heterocycles. The normalized spacial score (nSPS) is 12.0. The number of nitrogens with zero attached hydrogens (tertiary/aromatic N) is 3. The summed E-state index contributed by atoms with van der Waals surface area (Å²) in [6, 6.07) is 18.6. The van der Waals surface area contributed by atoms with E-state index in [9.17, 15) is 9.59 Å². The molecule has 7 nitrogen and oxygen atoms in total. The lowest BCUT2D eigenvalue weighted by molar-refractivity contribution is 0.354. The lowest BCUT2D eigenvalue weighted by atomic mass is 10.1. The van der Waals surface area contributed by atoms with Gasteiger partial charge in [0.15, 0.2) is 17.0 Å². The molecule has 0 aliphatic heterocycles. The summed E-state index contributed by atoms with van der Waals surface area (Å²) in [4.78, 5) is 31.0. The molecule has 164 valence electrons. The van der Waals surface area contributed by atoms with E-state index < -0.39 is 0 Å². The number of fused-ring (bicyclic) bond motifs is 1. The van der Waals surface area contributed by atoms with Crippen LogP contribution in [-0.2, 0) is 13.0 Å². The molecule has 0 saturated carbocycles. The summed E-state index contributed by atoms with van der Waals surface area (Å²) in [5.41, 5.74) is 1.97. The van der Waals surface area contributed by atoms with Crippen molar-refractivity contribution in [3.63, 3.8) is 0 Å². The maximum Gasteiger partial charge on any atom is 0.332 e. The molecule has 2 aromatic carbocycles. The van der Waals surface area contributed by atoms with Crippen LogP contribution in [0.3, 0.4) is 0 Å². The van der Waals surface area contributed by atoms with Crippen molar-refractivity contribution in [2.45, 2.75) is 25.9 Å². The van der Waals surface area contributed by atoms with Gasteiger partial charge in [0.25, 0.3) is 5.56 Å². The van der Waals surface area contributed by atoms with Gasteiger partial charge in [-0.3, -0.25) is 13.9 Å². The largest absolute Gasteiger partial charge is 0.493 e. The topological polar surface area (TPSA) is 75.4 Å². The van der Waals surface area contributed by atoms with Crippen LogP contribution in [0.2, 0.25) is 0 Å². The van der Waals surface area contributed by atoms with E-state index in [1.165, 1.54) is 4.57 Å². The number of ether oxygens (including phenoxy) is 2. The van der Waals surface area contributed by atoms with Gasteiger partial charge in [0.2, 0.25) is 0 Å². The summed E-state index contributed by atoms with van der Waals surface area (Å²) in [6.45, 7) is 2.17. The first-order valence-corrected chi connectivity index (χ1v) is 10.4. The van der Waals surface area contributed by atoms with Gasteiger partial charge in [0.1, 0.15) is 0 Å². The molecular weight excluding hydrogens is 406 g/mol. The second kappa shape index (κ2) is 9.09. The standard InChI is InChI=1S/C25H25N3O4/c1-17(19-8-5-4-6-9-19)28-20-10-7-14-26-23(20)24(29)27(25(28)30)15-13-18-11-12-21(31-2)22(16-18)32-3/h4-12,14,16-17H,13,15H2,1-3H3/t17-/m1/s1. The number of hydrogen-bond acceptors (Lipinski definition) is 5. The molecule has 0 N–H and O–H groups in total. The Labute approximate surface area is 185 Å². The Morgan fingerprint density at radius 3 is 2.41 bits per heavy atom. The molecule has 0 aliphatic rings. The average Bonchev–Trinajstić information content (AvgIpc) is 2.84. The minimum absolute atomic E-state index is 0.223. The van der Waals surface area contributed by atoms with E-state index in [-0.39, 0.29) is 29.4 Å². The fourth-order valence-corrected chi connectivity index (χ4v) is 3.93. The van der Waals surface area contributed by atoms with Gasteiger partial charge in [0.05, 0.1) is 25.8 Å². The highest BCUT2D eigenvalue weighted by atomic mass is 16.5. The lowest BCUT2D eigenvalue weighted by Gasteiger charge is -2.20. The Hall–Kier alpha value is -3.87. The van der Waals surface area contributed by atoms with Crippen LogP contribution in [0.5, 0.6) is 11.5 Å². The molecule has 0 unspecified atom stereocenters. The van der Waals surface area contributed by atoms with E-state index in [0.717, 1.165) is 11.1 Å². The molecular formula is C25H25N3O4. The smallest absolute Gasteiger partial charge is 0.332 e. The molecule has 0 aliphatic carbocycles. The van der Waals surface area contributed by atoms with Crippen molar-refractivity contribution >= 4 is 11.0 Å². The Balaban J connectivity index is 1.79. The Morgan fingerprint density at radius 1 is 0.938 bits per heavy atom. The molecule has 2 heterocycles. The summed E-state index contributed by atoms with van der Waals surface area (Å²) in [5, 5.41) is 0. The molecule has 2 aromatic heterocycles. The van der Waals surface area contributed by atoms with Crippen molar-refractivity contribution in [3.05, 3.63) is 98.8 Å². The van der Waals surface area contributed by atoms with Gasteiger partial charge in [0, 0.05) is 12.7 Å². The minimum Gasteiger partial charge on any atom is -0.493 e. The van der Waals surface area contributed by atoms with Crippen molar-refractivity contribution in [2.24, 2.45) is 0 Å². The number of hydrogen-bond donors (Lipinski definition) is 0. The van der Waals surface area contributed by atoms with Gasteiger partial charge in [-0.05, 0) is 48.7 Å². The predicted molar refractivity (Wildman–Crippen MR) is 124 cm³/mol. The number of rotatable bonds is 7. The van der Waals surface area contributed by atoms with E-state index >= 15 is 0 Å². The van der Waals surface area contributed by atoms with Crippen molar-refractivity contribution in [3.8, 4) is 11.5 Å². The number of methoxy groups -OCH3 is 2. The molecule has 4 rings (SSSR count). The Bertz CT molecular complexity index is 1360. The van der Waals surface area contributed by atoms with Crippen molar-refractivity contribution in [1.82, 2.24) is 14.1 Å². The fourth-order valence-electron chi connectivity index (χ4n) is 3.93. The van der Waals surface area contributed by atoms with Crippen LogP contribution in [0.4, 0.5) is 0 Å². The van der Waals surface area contributed by atoms with Gasteiger partial charge < -0.3 is 9.47 Å². The molecule has 0 radical (unpaired) electrons. The van der Waals surface area contributed by atoms with Gasteiger partial charge in [-0.25, -0.2) is 9.78 Å². The zero-order valence-corrected chi connectivity index (χ0v) is 18.3. The second-order valence-electron chi connectivity index (χ2n) is 7.51. The summed E-state index contributed by atoms with van der Waals surface area (Å²) in [7, 11) is 3.15. The lowest BCUT2D eigenvalue weighted by Crippen LogP contribution is -2.42. The van der Waals surface area contributed by atoms with E-state index in [1.54, 1.807) is 37.1 Å². The molecule has 0 amide bonds. The minimum atomic E-state index is -0.386. The van der Waals surface area contributed by atoms with Crippen molar-refractivity contribution < 1.29 is 9.47 Å². The Kier molecular flexibility index (Phi) is 6.07. The molecule has 0 fully saturated rings. The van der Waals surface area contributed by atoms with Gasteiger partial charge in [-0.2, -0.15) is 0 Å². The Morgan fingerprint density at radius 2 is 1.69 bits per heavy atom. The first-order valence-electron chi connectivity index (χ1n) is 10.4. The third-order valence-electron chi connectivity index (χ3n) is 5.67. The maximum absolute atomic E-state index is 13.5. The third kappa shape index (κ3) is 3.89. The summed E-state index contributed by atoms with van der Waals surface area (Å²) in [5.74, 6) is 1.23. The van der Waals surface area contributed by atoms with Crippen LogP contribution in [-0.4, -0.2) is 28.3 Å². The van der Waals surface area contributed by atoms with E-state index in [0.29, 0.717) is 23.4 Å². The van der Waals surface area contributed by atoms with Gasteiger partial charge in [-0.1, -0.05) is 36.4 Å². The first-order chi connectivity index (χ1) is 15.5. The molecule has 7 heteroatoms. The van der Waals surface area contributed by atoms with Crippen LogP contribution >= 0.6 is 0 Å². The van der Waals surface area contributed by atoms with Gasteiger partial charge in [-0.15, -0.1) is 0 Å². The highest BCUT2D eigenvalue weighted by molar-refractivity contribution is 5.73.